The highest BCUT2D eigenvalue weighted by Crippen LogP contribution is 2.32. The molecular formula is C18H13NO3. The largest absolute Gasteiger partial charge is 0.478 e. The van der Waals surface area contributed by atoms with Gasteiger partial charge in [-0.3, -0.25) is 0 Å². The monoisotopic (exact) mass is 291 g/mol. The number of fused-ring (bicyclic) bond motifs is 1. The van der Waals surface area contributed by atoms with Crippen molar-refractivity contribution >= 4 is 11.0 Å². The number of rotatable bonds is 3. The van der Waals surface area contributed by atoms with E-state index in [4.69, 9.17) is 14.4 Å². The summed E-state index contributed by atoms with van der Waals surface area (Å²) in [6, 6.07) is 16.7. The van der Waals surface area contributed by atoms with Gasteiger partial charge in [0.2, 0.25) is 0 Å². The summed E-state index contributed by atoms with van der Waals surface area (Å²) in [5, 5.41) is 9.46. The van der Waals surface area contributed by atoms with E-state index in [0.717, 1.165) is 16.5 Å². The molecule has 0 atom stereocenters. The first-order chi connectivity index (χ1) is 10.7. The van der Waals surface area contributed by atoms with Crippen LogP contribution in [-0.2, 0) is 0 Å². The maximum absolute atomic E-state index is 11.9. The number of nitrogens with zero attached hydrogens (tertiary/aromatic N) is 1. The summed E-state index contributed by atoms with van der Waals surface area (Å²) < 4.78 is 10.7. The van der Waals surface area contributed by atoms with E-state index in [9.17, 15) is 4.79 Å². The molecular weight excluding hydrogens is 278 g/mol. The van der Waals surface area contributed by atoms with Gasteiger partial charge in [-0.25, -0.2) is 4.79 Å². The Bertz CT molecular complexity index is 921. The van der Waals surface area contributed by atoms with Gasteiger partial charge in [0.05, 0.1) is 0 Å². The van der Waals surface area contributed by atoms with Crippen LogP contribution in [0.25, 0.3) is 22.1 Å². The molecule has 3 rings (SSSR count). The third kappa shape index (κ3) is 2.45. The molecule has 4 heteroatoms. The van der Waals surface area contributed by atoms with Gasteiger partial charge in [-0.2, -0.15) is 5.26 Å². The van der Waals surface area contributed by atoms with Crippen LogP contribution in [0, 0.1) is 18.3 Å². The minimum Gasteiger partial charge on any atom is -0.478 e. The van der Waals surface area contributed by atoms with Crippen molar-refractivity contribution in [1.82, 2.24) is 0 Å². The smallest absolute Gasteiger partial charge is 0.336 e. The molecule has 1 aromatic heterocycles. The molecule has 0 aliphatic carbocycles. The van der Waals surface area contributed by atoms with E-state index >= 15 is 0 Å². The maximum atomic E-state index is 11.9. The fraction of sp³-hybridized carbons (Fsp3) is 0.111. The SMILES string of the molecule is Cc1c(OCC#N)ccc2c(-c3ccccc3)cc(=O)oc12. The lowest BCUT2D eigenvalue weighted by Crippen LogP contribution is -2.01. The molecule has 0 saturated heterocycles. The Balaban J connectivity index is 2.26. The molecule has 4 nitrogen and oxygen atoms in total. The lowest BCUT2D eigenvalue weighted by molar-refractivity contribution is 0.365. The number of ether oxygens (including phenoxy) is 1. The summed E-state index contributed by atoms with van der Waals surface area (Å²) >= 11 is 0. The lowest BCUT2D eigenvalue weighted by Gasteiger charge is -2.11. The van der Waals surface area contributed by atoms with Crippen LogP contribution >= 0.6 is 0 Å². The third-order valence-corrected chi connectivity index (χ3v) is 3.49. The van der Waals surface area contributed by atoms with E-state index < -0.39 is 5.63 Å². The van der Waals surface area contributed by atoms with Gasteiger partial charge in [0.25, 0.3) is 0 Å². The fourth-order valence-corrected chi connectivity index (χ4v) is 2.47. The second-order valence-corrected chi connectivity index (χ2v) is 4.86. The van der Waals surface area contributed by atoms with Crippen molar-refractivity contribution in [1.29, 1.82) is 5.26 Å². The number of nitriles is 1. The van der Waals surface area contributed by atoms with Gasteiger partial charge < -0.3 is 9.15 Å². The summed E-state index contributed by atoms with van der Waals surface area (Å²) in [5.41, 5.74) is 2.56. The average Bonchev–Trinajstić information content (AvgIpc) is 2.55. The predicted octanol–water partition coefficient (Wildman–Crippen LogP) is 3.67. The first-order valence-corrected chi connectivity index (χ1v) is 6.83. The first kappa shape index (κ1) is 13.9. The van der Waals surface area contributed by atoms with Gasteiger partial charge in [0, 0.05) is 17.0 Å². The number of aryl methyl sites for hydroxylation is 1. The van der Waals surface area contributed by atoms with Crippen molar-refractivity contribution in [2.75, 3.05) is 6.61 Å². The minimum absolute atomic E-state index is 0.0467. The molecule has 3 aromatic rings. The number of hydrogen-bond acceptors (Lipinski definition) is 4. The van der Waals surface area contributed by atoms with E-state index in [0.29, 0.717) is 16.9 Å². The van der Waals surface area contributed by atoms with Gasteiger partial charge in [-0.05, 0) is 30.2 Å². The number of benzene rings is 2. The highest BCUT2D eigenvalue weighted by molar-refractivity contribution is 5.95. The minimum atomic E-state index is -0.410. The van der Waals surface area contributed by atoms with Crippen LogP contribution in [0.1, 0.15) is 5.56 Å². The zero-order valence-electron chi connectivity index (χ0n) is 12.0. The summed E-state index contributed by atoms with van der Waals surface area (Å²) in [6.45, 7) is 1.77. The van der Waals surface area contributed by atoms with Crippen molar-refractivity contribution in [3.8, 4) is 22.9 Å². The molecule has 22 heavy (non-hydrogen) atoms. The summed E-state index contributed by atoms with van der Waals surface area (Å²) in [4.78, 5) is 11.9. The Morgan fingerprint density at radius 3 is 2.68 bits per heavy atom. The van der Waals surface area contributed by atoms with Crippen LogP contribution in [0.3, 0.4) is 0 Å². The zero-order valence-corrected chi connectivity index (χ0v) is 12.0. The van der Waals surface area contributed by atoms with Crippen molar-refractivity contribution in [3.63, 3.8) is 0 Å². The van der Waals surface area contributed by atoms with Gasteiger partial charge in [0.15, 0.2) is 6.61 Å². The van der Waals surface area contributed by atoms with E-state index in [2.05, 4.69) is 0 Å². The van der Waals surface area contributed by atoms with Crippen LogP contribution < -0.4 is 10.4 Å². The predicted molar refractivity (Wildman–Crippen MR) is 83.8 cm³/mol. The molecule has 0 fully saturated rings. The highest BCUT2D eigenvalue weighted by atomic mass is 16.5. The molecule has 0 saturated carbocycles. The Morgan fingerprint density at radius 1 is 1.18 bits per heavy atom. The van der Waals surface area contributed by atoms with Gasteiger partial charge >= 0.3 is 5.63 Å². The van der Waals surface area contributed by atoms with Crippen molar-refractivity contribution in [3.05, 3.63) is 64.5 Å². The van der Waals surface area contributed by atoms with Gasteiger partial charge in [-0.1, -0.05) is 30.3 Å². The Kier molecular flexibility index (Phi) is 3.63. The van der Waals surface area contributed by atoms with Crippen LogP contribution in [0.4, 0.5) is 0 Å². The van der Waals surface area contributed by atoms with E-state index in [1.54, 1.807) is 6.07 Å². The van der Waals surface area contributed by atoms with Crippen LogP contribution in [0.2, 0.25) is 0 Å². The van der Waals surface area contributed by atoms with Crippen molar-refractivity contribution in [2.45, 2.75) is 6.92 Å². The van der Waals surface area contributed by atoms with Crippen molar-refractivity contribution < 1.29 is 9.15 Å². The van der Waals surface area contributed by atoms with Crippen LogP contribution in [-0.4, -0.2) is 6.61 Å². The molecule has 108 valence electrons. The van der Waals surface area contributed by atoms with Crippen LogP contribution in [0.15, 0.2) is 57.7 Å². The lowest BCUT2D eigenvalue weighted by atomic mass is 10.0. The maximum Gasteiger partial charge on any atom is 0.336 e. The standard InChI is InChI=1S/C18H13NO3/c1-12-16(21-10-9-19)8-7-14-15(11-17(20)22-18(12)14)13-5-3-2-4-6-13/h2-8,11H,10H2,1H3. The third-order valence-electron chi connectivity index (χ3n) is 3.49. The number of hydrogen-bond donors (Lipinski definition) is 0. The van der Waals surface area contributed by atoms with E-state index in [-0.39, 0.29) is 6.61 Å². The average molecular weight is 291 g/mol. The Hall–Kier alpha value is -3.06. The highest BCUT2D eigenvalue weighted by Gasteiger charge is 2.12. The Labute approximate surface area is 127 Å². The molecule has 0 N–H and O–H groups in total. The molecule has 0 radical (unpaired) electrons. The Morgan fingerprint density at radius 2 is 1.95 bits per heavy atom. The first-order valence-electron chi connectivity index (χ1n) is 6.83. The summed E-state index contributed by atoms with van der Waals surface area (Å²) in [7, 11) is 0. The topological polar surface area (TPSA) is 63.2 Å². The fourth-order valence-electron chi connectivity index (χ4n) is 2.47. The molecule has 0 amide bonds. The molecule has 1 heterocycles. The zero-order chi connectivity index (χ0) is 15.5. The van der Waals surface area contributed by atoms with Crippen molar-refractivity contribution in [2.24, 2.45) is 0 Å². The van der Waals surface area contributed by atoms with Gasteiger partial charge in [-0.15, -0.1) is 0 Å². The van der Waals surface area contributed by atoms with E-state index in [1.165, 1.54) is 6.07 Å². The molecule has 0 spiro atoms. The normalized spacial score (nSPS) is 10.4. The van der Waals surface area contributed by atoms with Gasteiger partial charge in [0.1, 0.15) is 17.4 Å². The quantitative estimate of drug-likeness (QED) is 0.691. The molecule has 0 unspecified atom stereocenters. The molecule has 0 aliphatic heterocycles. The second kappa shape index (κ2) is 5.74. The summed E-state index contributed by atoms with van der Waals surface area (Å²) in [6.07, 6.45) is 0. The van der Waals surface area contributed by atoms with E-state index in [1.807, 2.05) is 49.4 Å². The molecule has 0 bridgehead atoms. The molecule has 2 aromatic carbocycles. The second-order valence-electron chi connectivity index (χ2n) is 4.86. The summed E-state index contributed by atoms with van der Waals surface area (Å²) in [5.74, 6) is 0.544. The van der Waals surface area contributed by atoms with Crippen LogP contribution in [0.5, 0.6) is 5.75 Å². The molecule has 0 aliphatic rings.